The van der Waals surface area contributed by atoms with E-state index in [1.807, 2.05) is 18.9 Å². The van der Waals surface area contributed by atoms with Crippen molar-refractivity contribution in [2.24, 2.45) is 16.7 Å². The van der Waals surface area contributed by atoms with Crippen molar-refractivity contribution in [3.05, 3.63) is 23.8 Å². The number of nitrogens with zero attached hydrogens (tertiary/aromatic N) is 2. The van der Waals surface area contributed by atoms with E-state index in [4.69, 9.17) is 0 Å². The average molecular weight is 444 g/mol. The number of carbonyl (C=O) groups is 2. The van der Waals surface area contributed by atoms with Crippen LogP contribution in [-0.4, -0.2) is 54.9 Å². The number of aliphatic carboxylic acids is 1. The number of halogens is 1. The first-order chi connectivity index (χ1) is 15.3. The van der Waals surface area contributed by atoms with Gasteiger partial charge in [-0.05, 0) is 67.6 Å². The molecule has 1 spiro atoms. The molecule has 7 heteroatoms. The topological polar surface area (TPSA) is 72.9 Å². The predicted molar refractivity (Wildman–Crippen MR) is 122 cm³/mol. The highest BCUT2D eigenvalue weighted by Gasteiger charge is 2.76. The second-order valence-corrected chi connectivity index (χ2v) is 10.4. The van der Waals surface area contributed by atoms with Gasteiger partial charge in [0.25, 0.3) is 0 Å². The van der Waals surface area contributed by atoms with Gasteiger partial charge in [0.1, 0.15) is 6.17 Å². The Morgan fingerprint density at radius 3 is 2.66 bits per heavy atom. The molecule has 174 valence electrons. The molecule has 4 aliphatic rings. The highest BCUT2D eigenvalue weighted by molar-refractivity contribution is 5.81. The van der Waals surface area contributed by atoms with Crippen LogP contribution in [-0.2, 0) is 9.59 Å². The van der Waals surface area contributed by atoms with E-state index in [1.165, 1.54) is 0 Å². The summed E-state index contributed by atoms with van der Waals surface area (Å²) in [7, 11) is 2.04. The molecule has 2 saturated carbocycles. The monoisotopic (exact) mass is 443 g/mol. The van der Waals surface area contributed by atoms with Gasteiger partial charge in [0.05, 0.1) is 23.5 Å². The fourth-order valence-electron chi connectivity index (χ4n) is 7.05. The van der Waals surface area contributed by atoms with Crippen molar-refractivity contribution in [1.82, 2.24) is 4.90 Å². The first-order valence-electron chi connectivity index (χ1n) is 12.1. The number of alkyl halides is 1. The van der Waals surface area contributed by atoms with Crippen LogP contribution < -0.4 is 10.2 Å². The Morgan fingerprint density at radius 2 is 2.00 bits per heavy atom. The van der Waals surface area contributed by atoms with E-state index < -0.39 is 23.5 Å². The lowest BCUT2D eigenvalue weighted by atomic mass is 9.67. The molecule has 2 N–H and O–H groups in total. The van der Waals surface area contributed by atoms with Gasteiger partial charge in [0.15, 0.2) is 0 Å². The summed E-state index contributed by atoms with van der Waals surface area (Å²) in [5.74, 6) is -1.00. The van der Waals surface area contributed by atoms with Gasteiger partial charge < -0.3 is 20.2 Å². The third-order valence-corrected chi connectivity index (χ3v) is 9.01. The number of likely N-dealkylation sites (tertiary alicyclic amines) is 1. The number of carbonyl (C=O) groups excluding carboxylic acids is 1. The molecule has 2 aliphatic heterocycles. The first kappa shape index (κ1) is 21.5. The van der Waals surface area contributed by atoms with E-state index in [9.17, 15) is 14.7 Å². The van der Waals surface area contributed by atoms with E-state index in [0.717, 1.165) is 30.0 Å². The number of piperidine rings is 1. The maximum Gasteiger partial charge on any atom is 0.310 e. The zero-order chi connectivity index (χ0) is 22.7. The number of carboxylic acids is 1. The second-order valence-electron chi connectivity index (χ2n) is 10.4. The van der Waals surface area contributed by atoms with Gasteiger partial charge in [-0.2, -0.15) is 0 Å². The second kappa shape index (κ2) is 7.63. The van der Waals surface area contributed by atoms with Gasteiger partial charge in [-0.15, -0.1) is 0 Å². The van der Waals surface area contributed by atoms with E-state index in [2.05, 4.69) is 28.4 Å². The Morgan fingerprint density at radius 1 is 1.25 bits per heavy atom. The molecule has 32 heavy (non-hydrogen) atoms. The van der Waals surface area contributed by atoms with Crippen LogP contribution in [0.4, 0.5) is 15.8 Å². The van der Waals surface area contributed by atoms with E-state index in [1.54, 1.807) is 0 Å². The first-order valence-corrected chi connectivity index (χ1v) is 12.1. The highest BCUT2D eigenvalue weighted by Crippen LogP contribution is 2.74. The normalized spacial score (nSPS) is 33.0. The molecule has 0 radical (unpaired) electrons. The highest BCUT2D eigenvalue weighted by atomic mass is 19.1. The van der Waals surface area contributed by atoms with Crippen LogP contribution in [0.5, 0.6) is 0 Å². The largest absolute Gasteiger partial charge is 0.481 e. The van der Waals surface area contributed by atoms with E-state index in [-0.39, 0.29) is 17.2 Å². The minimum absolute atomic E-state index is 0.125. The van der Waals surface area contributed by atoms with Crippen LogP contribution in [0.3, 0.4) is 0 Å². The molecular formula is C25H34FN3O3. The Bertz CT molecular complexity index is 929. The fraction of sp³-hybridized carbons (Fsp3) is 0.680. The van der Waals surface area contributed by atoms with Crippen molar-refractivity contribution in [2.75, 3.05) is 37.0 Å². The smallest absolute Gasteiger partial charge is 0.310 e. The van der Waals surface area contributed by atoms with Gasteiger partial charge in [0.2, 0.25) is 5.91 Å². The quantitative estimate of drug-likeness (QED) is 0.729. The molecule has 3 fully saturated rings. The lowest BCUT2D eigenvalue weighted by Gasteiger charge is -2.40. The summed E-state index contributed by atoms with van der Waals surface area (Å²) in [4.78, 5) is 28.6. The van der Waals surface area contributed by atoms with Gasteiger partial charge >= 0.3 is 5.97 Å². The standard InChI is InChI=1S/C25H34FN3O3/c1-3-22(30)29-10-8-24(9-11-29)14-25(24,23(31)32)18-6-4-16(12-19(18)26)17-5-7-21-20(13-17)27-15-28(21)2/h5,7,13,16,18-19,27H,3-4,6,8-12,14-15H2,1-2H3,(H,31,32)/t16?,18?,19-,25+/m0/s1. The molecule has 1 aromatic carbocycles. The zero-order valence-corrected chi connectivity index (χ0v) is 19.1. The molecule has 4 atom stereocenters. The number of nitrogens with one attached hydrogen (secondary N) is 1. The maximum absolute atomic E-state index is 15.7. The summed E-state index contributed by atoms with van der Waals surface area (Å²) in [5.41, 5.74) is 2.11. The van der Waals surface area contributed by atoms with Gasteiger partial charge in [-0.1, -0.05) is 13.0 Å². The number of amides is 1. The Balaban J connectivity index is 1.30. The fourth-order valence-corrected chi connectivity index (χ4v) is 7.05. The molecule has 2 unspecified atom stereocenters. The maximum atomic E-state index is 15.7. The van der Waals surface area contributed by atoms with E-state index >= 15 is 4.39 Å². The molecule has 2 heterocycles. The molecule has 1 aromatic rings. The zero-order valence-electron chi connectivity index (χ0n) is 19.1. The number of anilines is 2. The van der Waals surface area contributed by atoms with Crippen LogP contribution in [0.1, 0.15) is 63.4 Å². The molecule has 0 aromatic heterocycles. The lowest BCUT2D eigenvalue weighted by molar-refractivity contribution is -0.151. The number of carboxylic acid groups (broad SMARTS) is 1. The Hall–Kier alpha value is -2.31. The third-order valence-electron chi connectivity index (χ3n) is 9.01. The van der Waals surface area contributed by atoms with Crippen LogP contribution in [0, 0.1) is 16.7 Å². The Kier molecular flexibility index (Phi) is 5.13. The van der Waals surface area contributed by atoms with Crippen molar-refractivity contribution in [1.29, 1.82) is 0 Å². The summed E-state index contributed by atoms with van der Waals surface area (Å²) in [6.07, 6.45) is 3.13. The predicted octanol–water partition coefficient (Wildman–Crippen LogP) is 4.22. The summed E-state index contributed by atoms with van der Waals surface area (Å²) in [6.45, 7) is 3.84. The minimum Gasteiger partial charge on any atom is -0.481 e. The molecule has 1 saturated heterocycles. The van der Waals surface area contributed by atoms with E-state index in [0.29, 0.717) is 51.6 Å². The number of hydrogen-bond donors (Lipinski definition) is 2. The number of fused-ring (bicyclic) bond motifs is 1. The van der Waals surface area contributed by atoms with Crippen LogP contribution in [0.25, 0.3) is 0 Å². The summed E-state index contributed by atoms with van der Waals surface area (Å²) in [5, 5.41) is 13.6. The molecule has 5 rings (SSSR count). The molecule has 6 nitrogen and oxygen atoms in total. The summed E-state index contributed by atoms with van der Waals surface area (Å²) in [6, 6.07) is 6.35. The van der Waals surface area contributed by atoms with Crippen molar-refractivity contribution < 1.29 is 19.1 Å². The van der Waals surface area contributed by atoms with Crippen LogP contribution in [0.2, 0.25) is 0 Å². The van der Waals surface area contributed by atoms with Crippen molar-refractivity contribution in [3.63, 3.8) is 0 Å². The number of hydrogen-bond acceptors (Lipinski definition) is 4. The van der Waals surface area contributed by atoms with Crippen molar-refractivity contribution in [2.45, 2.75) is 64.0 Å². The summed E-state index contributed by atoms with van der Waals surface area (Å²) >= 11 is 0. The molecule has 0 bridgehead atoms. The van der Waals surface area contributed by atoms with Gasteiger partial charge in [-0.25, -0.2) is 4.39 Å². The van der Waals surface area contributed by atoms with Crippen molar-refractivity contribution in [3.8, 4) is 0 Å². The third kappa shape index (κ3) is 3.11. The van der Waals surface area contributed by atoms with Crippen LogP contribution >= 0.6 is 0 Å². The van der Waals surface area contributed by atoms with Gasteiger partial charge in [-0.3, -0.25) is 9.59 Å². The van der Waals surface area contributed by atoms with Gasteiger partial charge in [0, 0.05) is 32.5 Å². The lowest BCUT2D eigenvalue weighted by Crippen LogP contribution is -2.45. The molecular weight excluding hydrogens is 409 g/mol. The summed E-state index contributed by atoms with van der Waals surface area (Å²) < 4.78 is 15.7. The molecule has 1 amide bonds. The van der Waals surface area contributed by atoms with Crippen LogP contribution in [0.15, 0.2) is 18.2 Å². The number of rotatable bonds is 4. The SMILES string of the molecule is CCC(=O)N1CCC2(CC1)C[C@]2(C(=O)O)C1CCC(c2ccc3c(c2)NCN3C)C[C@@H]1F. The van der Waals surface area contributed by atoms with Crippen molar-refractivity contribution >= 4 is 23.3 Å². The molecule has 2 aliphatic carbocycles. The minimum atomic E-state index is -1.11. The average Bonchev–Trinajstić information content (AvgIpc) is 3.29. The Labute approximate surface area is 189 Å². The number of benzene rings is 1.